The summed E-state index contributed by atoms with van der Waals surface area (Å²) in [6, 6.07) is 4.10. The first kappa shape index (κ1) is 13.0. The molecule has 21 heavy (non-hydrogen) atoms. The van der Waals surface area contributed by atoms with Crippen molar-refractivity contribution in [2.45, 2.75) is 51.4 Å². The Morgan fingerprint density at radius 2 is 2.24 bits per heavy atom. The number of hydrogen-bond acceptors (Lipinski definition) is 5. The Balaban J connectivity index is 1.44. The molecule has 112 valence electrons. The molecule has 1 N–H and O–H groups in total. The lowest BCUT2D eigenvalue weighted by Crippen LogP contribution is -2.33. The number of aromatic nitrogens is 3. The summed E-state index contributed by atoms with van der Waals surface area (Å²) in [6.07, 6.45) is 1.97. The van der Waals surface area contributed by atoms with Crippen LogP contribution in [0.25, 0.3) is 0 Å². The fourth-order valence-corrected chi connectivity index (χ4v) is 2.87. The summed E-state index contributed by atoms with van der Waals surface area (Å²) in [5, 5.41) is 18.2. The van der Waals surface area contributed by atoms with E-state index >= 15 is 0 Å². The number of hydrogen-bond donors (Lipinski definition) is 1. The lowest BCUT2D eigenvalue weighted by Gasteiger charge is -2.26. The Labute approximate surface area is 123 Å². The van der Waals surface area contributed by atoms with Gasteiger partial charge in [0.25, 0.3) is 0 Å². The number of aliphatic hydroxyl groups is 1. The number of fused-ring (bicyclic) bond motifs is 1. The van der Waals surface area contributed by atoms with Crippen molar-refractivity contribution in [1.29, 1.82) is 0 Å². The zero-order valence-corrected chi connectivity index (χ0v) is 12.2. The molecule has 0 saturated heterocycles. The first-order chi connectivity index (χ1) is 10.2. The van der Waals surface area contributed by atoms with Crippen LogP contribution in [-0.2, 0) is 19.6 Å². The maximum atomic E-state index is 9.62. The monoisotopic (exact) mass is 288 g/mol. The molecule has 6 heteroatoms. The molecule has 2 aliphatic rings. The van der Waals surface area contributed by atoms with E-state index in [4.69, 9.17) is 4.52 Å². The Morgan fingerprint density at radius 1 is 1.38 bits per heavy atom. The summed E-state index contributed by atoms with van der Waals surface area (Å²) < 4.78 is 7.40. The van der Waals surface area contributed by atoms with Crippen molar-refractivity contribution in [2.24, 2.45) is 0 Å². The molecule has 0 spiro atoms. The van der Waals surface area contributed by atoms with E-state index in [9.17, 15) is 5.11 Å². The van der Waals surface area contributed by atoms with E-state index in [-0.39, 0.29) is 0 Å². The molecule has 0 aromatic carbocycles. The van der Waals surface area contributed by atoms with Crippen LogP contribution in [0.4, 0.5) is 0 Å². The van der Waals surface area contributed by atoms with Crippen LogP contribution < -0.4 is 0 Å². The molecule has 1 saturated carbocycles. The van der Waals surface area contributed by atoms with Gasteiger partial charge in [0.1, 0.15) is 5.76 Å². The van der Waals surface area contributed by atoms with Crippen LogP contribution in [0.15, 0.2) is 16.7 Å². The molecule has 3 heterocycles. The molecule has 6 nitrogen and oxygen atoms in total. The molecule has 0 unspecified atom stereocenters. The van der Waals surface area contributed by atoms with Crippen LogP contribution in [0.1, 0.15) is 54.6 Å². The minimum atomic E-state index is -0.506. The van der Waals surface area contributed by atoms with Crippen LogP contribution in [-0.4, -0.2) is 31.5 Å². The molecule has 0 bridgehead atoms. The van der Waals surface area contributed by atoms with Crippen molar-refractivity contribution in [3.05, 3.63) is 35.0 Å². The molecular weight excluding hydrogens is 268 g/mol. The quantitative estimate of drug-likeness (QED) is 0.929. The average molecular weight is 288 g/mol. The summed E-state index contributed by atoms with van der Waals surface area (Å²) in [4.78, 5) is 2.34. The number of aliphatic hydroxyl groups excluding tert-OH is 1. The maximum Gasteiger partial charge on any atom is 0.140 e. The molecule has 0 radical (unpaired) electrons. The molecule has 1 fully saturated rings. The fourth-order valence-electron chi connectivity index (χ4n) is 2.87. The summed E-state index contributed by atoms with van der Waals surface area (Å²) in [5.74, 6) is 1.66. The highest BCUT2D eigenvalue weighted by Gasteiger charge is 2.28. The predicted molar refractivity (Wildman–Crippen MR) is 75.5 cm³/mol. The highest BCUT2D eigenvalue weighted by atomic mass is 16.5. The zero-order chi connectivity index (χ0) is 14.4. The fraction of sp³-hybridized carbons (Fsp3) is 0.600. The number of rotatable bonds is 4. The van der Waals surface area contributed by atoms with Gasteiger partial charge >= 0.3 is 0 Å². The highest BCUT2D eigenvalue weighted by Crippen LogP contribution is 2.40. The van der Waals surface area contributed by atoms with Gasteiger partial charge in [-0.2, -0.15) is 5.10 Å². The van der Waals surface area contributed by atoms with Crippen molar-refractivity contribution in [3.8, 4) is 0 Å². The summed E-state index contributed by atoms with van der Waals surface area (Å²) in [7, 11) is 0. The van der Waals surface area contributed by atoms with Crippen molar-refractivity contribution in [1.82, 2.24) is 19.8 Å². The van der Waals surface area contributed by atoms with Gasteiger partial charge in [0.2, 0.25) is 0 Å². The van der Waals surface area contributed by atoms with Crippen molar-refractivity contribution in [2.75, 3.05) is 6.54 Å². The normalized spacial score (nSPS) is 20.5. The Bertz CT molecular complexity index is 642. The van der Waals surface area contributed by atoms with Gasteiger partial charge in [0, 0.05) is 31.6 Å². The Hall–Kier alpha value is -1.66. The first-order valence-electron chi connectivity index (χ1n) is 7.61. The number of nitrogens with zero attached hydrogens (tertiary/aromatic N) is 4. The summed E-state index contributed by atoms with van der Waals surface area (Å²) in [5.41, 5.74) is 2.92. The lowest BCUT2D eigenvalue weighted by atomic mass is 10.2. The first-order valence-corrected chi connectivity index (χ1v) is 7.61. The largest absolute Gasteiger partial charge is 0.387 e. The van der Waals surface area contributed by atoms with E-state index in [2.05, 4.69) is 21.2 Å². The topological polar surface area (TPSA) is 67.3 Å². The third kappa shape index (κ3) is 2.61. The van der Waals surface area contributed by atoms with E-state index in [0.29, 0.717) is 5.92 Å². The smallest absolute Gasteiger partial charge is 0.140 e. The second kappa shape index (κ2) is 4.96. The van der Waals surface area contributed by atoms with Gasteiger partial charge in [-0.05, 0) is 25.8 Å². The molecule has 0 amide bonds. The van der Waals surface area contributed by atoms with Gasteiger partial charge < -0.3 is 9.63 Å². The minimum absolute atomic E-state index is 0.506. The third-order valence-electron chi connectivity index (χ3n) is 4.27. The van der Waals surface area contributed by atoms with Crippen LogP contribution >= 0.6 is 0 Å². The molecular formula is C15H20N4O2. The molecule has 4 rings (SSSR count). The van der Waals surface area contributed by atoms with E-state index < -0.39 is 6.10 Å². The van der Waals surface area contributed by atoms with E-state index in [1.807, 2.05) is 10.7 Å². The average Bonchev–Trinajstić information content (AvgIpc) is 3.06. The lowest BCUT2D eigenvalue weighted by molar-refractivity contribution is 0.188. The predicted octanol–water partition coefficient (Wildman–Crippen LogP) is 1.82. The van der Waals surface area contributed by atoms with Gasteiger partial charge in [-0.1, -0.05) is 5.16 Å². The standard InChI is InChI=1S/C15H20N4O2/c1-10(20)14-7-13-9-18(4-5-19(13)16-14)8-12-6-15(21-17-12)11-2-3-11/h6-7,10-11,20H,2-5,8-9H2,1H3/t10-/m0/s1. The van der Waals surface area contributed by atoms with E-state index in [0.717, 1.165) is 49.0 Å². The minimum Gasteiger partial charge on any atom is -0.387 e. The van der Waals surface area contributed by atoms with E-state index in [1.165, 1.54) is 12.8 Å². The summed E-state index contributed by atoms with van der Waals surface area (Å²) in [6.45, 7) is 5.20. The maximum absolute atomic E-state index is 9.62. The van der Waals surface area contributed by atoms with Crippen LogP contribution in [0.3, 0.4) is 0 Å². The second-order valence-electron chi connectivity index (χ2n) is 6.17. The van der Waals surface area contributed by atoms with Crippen molar-refractivity contribution >= 4 is 0 Å². The Morgan fingerprint density at radius 3 is 3.00 bits per heavy atom. The molecule has 1 atom stereocenters. The zero-order valence-electron chi connectivity index (χ0n) is 12.2. The highest BCUT2D eigenvalue weighted by molar-refractivity contribution is 5.16. The van der Waals surface area contributed by atoms with Crippen LogP contribution in [0.2, 0.25) is 0 Å². The van der Waals surface area contributed by atoms with E-state index in [1.54, 1.807) is 6.92 Å². The SMILES string of the molecule is C[C@H](O)c1cc2n(n1)CCN(Cc1cc(C3CC3)on1)C2. The molecule has 2 aromatic heterocycles. The van der Waals surface area contributed by atoms with Gasteiger partial charge in [-0.15, -0.1) is 0 Å². The van der Waals surface area contributed by atoms with Crippen LogP contribution in [0.5, 0.6) is 0 Å². The van der Waals surface area contributed by atoms with Gasteiger partial charge in [-0.25, -0.2) is 0 Å². The molecule has 1 aliphatic carbocycles. The van der Waals surface area contributed by atoms with Gasteiger partial charge in [-0.3, -0.25) is 9.58 Å². The van der Waals surface area contributed by atoms with Crippen molar-refractivity contribution < 1.29 is 9.63 Å². The molecule has 2 aromatic rings. The van der Waals surface area contributed by atoms with Gasteiger partial charge in [0.15, 0.2) is 0 Å². The van der Waals surface area contributed by atoms with Crippen molar-refractivity contribution in [3.63, 3.8) is 0 Å². The Kier molecular flexibility index (Phi) is 3.08. The molecule has 1 aliphatic heterocycles. The van der Waals surface area contributed by atoms with Crippen LogP contribution in [0, 0.1) is 0 Å². The second-order valence-corrected chi connectivity index (χ2v) is 6.17. The summed E-state index contributed by atoms with van der Waals surface area (Å²) >= 11 is 0. The third-order valence-corrected chi connectivity index (χ3v) is 4.27. The van der Waals surface area contributed by atoms with Gasteiger partial charge in [0.05, 0.1) is 29.7 Å².